The zero-order valence-corrected chi connectivity index (χ0v) is 7.42. The first-order valence-corrected chi connectivity index (χ1v) is 4.62. The van der Waals surface area contributed by atoms with Crippen LogP contribution in [0.5, 0.6) is 0 Å². The van der Waals surface area contributed by atoms with E-state index in [1.54, 1.807) is 0 Å². The lowest BCUT2D eigenvalue weighted by Crippen LogP contribution is -2.37. The van der Waals surface area contributed by atoms with Crippen molar-refractivity contribution in [3.8, 4) is 0 Å². The van der Waals surface area contributed by atoms with Gasteiger partial charge in [0.2, 0.25) is 0 Å². The maximum absolute atomic E-state index is 5.45. The monoisotopic (exact) mass is 155 g/mol. The molecule has 2 fully saturated rings. The molecule has 0 aromatic carbocycles. The SMILES string of the molecule is CC(C)N1CC[C@H]2COC[C@@H]21. The van der Waals surface area contributed by atoms with Crippen LogP contribution in [0.15, 0.2) is 0 Å². The van der Waals surface area contributed by atoms with E-state index in [1.807, 2.05) is 0 Å². The van der Waals surface area contributed by atoms with Gasteiger partial charge in [0.1, 0.15) is 0 Å². The second kappa shape index (κ2) is 2.76. The van der Waals surface area contributed by atoms with Crippen LogP contribution < -0.4 is 0 Å². The van der Waals surface area contributed by atoms with E-state index in [1.165, 1.54) is 13.0 Å². The van der Waals surface area contributed by atoms with E-state index in [2.05, 4.69) is 18.7 Å². The molecule has 2 heterocycles. The Kier molecular flexibility index (Phi) is 1.90. The van der Waals surface area contributed by atoms with Crippen molar-refractivity contribution in [2.45, 2.75) is 32.4 Å². The Balaban J connectivity index is 2.03. The lowest BCUT2D eigenvalue weighted by atomic mass is 10.0. The summed E-state index contributed by atoms with van der Waals surface area (Å²) in [6.45, 7) is 7.83. The van der Waals surface area contributed by atoms with Crippen LogP contribution in [0, 0.1) is 5.92 Å². The number of fused-ring (bicyclic) bond motifs is 1. The Bertz CT molecular complexity index is 146. The summed E-state index contributed by atoms with van der Waals surface area (Å²) in [6, 6.07) is 1.45. The fraction of sp³-hybridized carbons (Fsp3) is 1.00. The molecule has 11 heavy (non-hydrogen) atoms. The average Bonchev–Trinajstić information content (AvgIpc) is 2.41. The van der Waals surface area contributed by atoms with Crippen molar-refractivity contribution >= 4 is 0 Å². The molecule has 0 aromatic rings. The molecule has 2 aliphatic heterocycles. The minimum Gasteiger partial charge on any atom is -0.379 e. The first-order valence-electron chi connectivity index (χ1n) is 4.62. The number of hydrogen-bond acceptors (Lipinski definition) is 2. The van der Waals surface area contributed by atoms with E-state index in [0.29, 0.717) is 6.04 Å². The molecule has 0 aromatic heterocycles. The summed E-state index contributed by atoms with van der Waals surface area (Å²) in [6.07, 6.45) is 1.35. The normalized spacial score (nSPS) is 38.5. The summed E-state index contributed by atoms with van der Waals surface area (Å²) in [5.74, 6) is 0.845. The van der Waals surface area contributed by atoms with Gasteiger partial charge in [0.25, 0.3) is 0 Å². The summed E-state index contributed by atoms with van der Waals surface area (Å²) < 4.78 is 5.45. The van der Waals surface area contributed by atoms with Gasteiger partial charge in [-0.15, -0.1) is 0 Å². The molecule has 0 amide bonds. The van der Waals surface area contributed by atoms with Crippen molar-refractivity contribution in [2.75, 3.05) is 19.8 Å². The predicted molar refractivity (Wildman–Crippen MR) is 44.6 cm³/mol. The van der Waals surface area contributed by atoms with Gasteiger partial charge in [-0.3, -0.25) is 4.90 Å². The smallest absolute Gasteiger partial charge is 0.0625 e. The highest BCUT2D eigenvalue weighted by atomic mass is 16.5. The number of nitrogens with zero attached hydrogens (tertiary/aromatic N) is 1. The van der Waals surface area contributed by atoms with Crippen LogP contribution in [0.3, 0.4) is 0 Å². The van der Waals surface area contributed by atoms with E-state index < -0.39 is 0 Å². The van der Waals surface area contributed by atoms with E-state index in [0.717, 1.165) is 25.2 Å². The lowest BCUT2D eigenvalue weighted by molar-refractivity contribution is 0.131. The molecule has 0 aliphatic carbocycles. The molecule has 2 heteroatoms. The van der Waals surface area contributed by atoms with Crippen molar-refractivity contribution in [1.29, 1.82) is 0 Å². The van der Waals surface area contributed by atoms with Crippen molar-refractivity contribution < 1.29 is 4.74 Å². The van der Waals surface area contributed by atoms with Gasteiger partial charge in [0.05, 0.1) is 13.2 Å². The minimum absolute atomic E-state index is 0.701. The third kappa shape index (κ3) is 1.18. The summed E-state index contributed by atoms with van der Waals surface area (Å²) in [5.41, 5.74) is 0. The van der Waals surface area contributed by atoms with Crippen molar-refractivity contribution in [3.63, 3.8) is 0 Å². The summed E-state index contributed by atoms with van der Waals surface area (Å²) in [5, 5.41) is 0. The fourth-order valence-electron chi connectivity index (χ4n) is 2.35. The van der Waals surface area contributed by atoms with E-state index in [-0.39, 0.29) is 0 Å². The highest BCUT2D eigenvalue weighted by Crippen LogP contribution is 2.30. The van der Waals surface area contributed by atoms with Gasteiger partial charge in [0, 0.05) is 18.0 Å². The highest BCUT2D eigenvalue weighted by Gasteiger charge is 2.39. The zero-order chi connectivity index (χ0) is 7.84. The Labute approximate surface area is 68.5 Å². The third-order valence-corrected chi connectivity index (χ3v) is 3.01. The number of ether oxygens (including phenoxy) is 1. The molecule has 0 saturated carbocycles. The van der Waals surface area contributed by atoms with Crippen molar-refractivity contribution in [1.82, 2.24) is 4.90 Å². The van der Waals surface area contributed by atoms with Gasteiger partial charge < -0.3 is 4.74 Å². The number of rotatable bonds is 1. The Morgan fingerprint density at radius 3 is 2.91 bits per heavy atom. The van der Waals surface area contributed by atoms with Crippen molar-refractivity contribution in [2.24, 2.45) is 5.92 Å². The molecule has 0 radical (unpaired) electrons. The molecule has 0 unspecified atom stereocenters. The van der Waals surface area contributed by atoms with Gasteiger partial charge in [-0.2, -0.15) is 0 Å². The first-order chi connectivity index (χ1) is 5.29. The molecule has 2 saturated heterocycles. The molecule has 2 atom stereocenters. The standard InChI is InChI=1S/C9H17NO/c1-7(2)10-4-3-8-5-11-6-9(8)10/h7-9H,3-6H2,1-2H3/t8-,9-/m0/s1. The largest absolute Gasteiger partial charge is 0.379 e. The minimum atomic E-state index is 0.701. The maximum atomic E-state index is 5.45. The average molecular weight is 155 g/mol. The summed E-state index contributed by atoms with van der Waals surface area (Å²) >= 11 is 0. The van der Waals surface area contributed by atoms with Gasteiger partial charge in [-0.25, -0.2) is 0 Å². The van der Waals surface area contributed by atoms with Crippen molar-refractivity contribution in [3.05, 3.63) is 0 Å². The second-order valence-corrected chi connectivity index (χ2v) is 3.99. The molecule has 0 bridgehead atoms. The zero-order valence-electron chi connectivity index (χ0n) is 7.42. The van der Waals surface area contributed by atoms with Crippen LogP contribution in [-0.2, 0) is 4.74 Å². The summed E-state index contributed by atoms with van der Waals surface area (Å²) in [4.78, 5) is 2.58. The van der Waals surface area contributed by atoms with Gasteiger partial charge >= 0.3 is 0 Å². The molecule has 2 aliphatic rings. The van der Waals surface area contributed by atoms with Crippen LogP contribution in [-0.4, -0.2) is 36.7 Å². The van der Waals surface area contributed by atoms with Crippen LogP contribution in [0.2, 0.25) is 0 Å². The second-order valence-electron chi connectivity index (χ2n) is 3.99. The first kappa shape index (κ1) is 7.56. The van der Waals surface area contributed by atoms with E-state index in [9.17, 15) is 0 Å². The molecule has 0 spiro atoms. The highest BCUT2D eigenvalue weighted by molar-refractivity contribution is 4.91. The quantitative estimate of drug-likeness (QED) is 0.562. The molecular weight excluding hydrogens is 138 g/mol. The molecule has 2 nitrogen and oxygen atoms in total. The fourth-order valence-corrected chi connectivity index (χ4v) is 2.35. The Hall–Kier alpha value is -0.0800. The van der Waals surface area contributed by atoms with E-state index in [4.69, 9.17) is 4.74 Å². The van der Waals surface area contributed by atoms with Gasteiger partial charge in [-0.05, 0) is 26.8 Å². The van der Waals surface area contributed by atoms with E-state index >= 15 is 0 Å². The maximum Gasteiger partial charge on any atom is 0.0625 e. The van der Waals surface area contributed by atoms with Crippen LogP contribution >= 0.6 is 0 Å². The number of hydrogen-bond donors (Lipinski definition) is 0. The van der Waals surface area contributed by atoms with Crippen LogP contribution in [0.25, 0.3) is 0 Å². The molecule has 64 valence electrons. The molecule has 2 rings (SSSR count). The molecular formula is C9H17NO. The van der Waals surface area contributed by atoms with Gasteiger partial charge in [0.15, 0.2) is 0 Å². The Morgan fingerprint density at radius 2 is 2.18 bits per heavy atom. The third-order valence-electron chi connectivity index (χ3n) is 3.01. The van der Waals surface area contributed by atoms with Crippen LogP contribution in [0.1, 0.15) is 20.3 Å². The summed E-state index contributed by atoms with van der Waals surface area (Å²) in [7, 11) is 0. The lowest BCUT2D eigenvalue weighted by Gasteiger charge is -2.26. The molecule has 0 N–H and O–H groups in total. The van der Waals surface area contributed by atoms with Gasteiger partial charge in [-0.1, -0.05) is 0 Å². The number of likely N-dealkylation sites (tertiary alicyclic amines) is 1. The topological polar surface area (TPSA) is 12.5 Å². The van der Waals surface area contributed by atoms with Crippen LogP contribution in [0.4, 0.5) is 0 Å². The Morgan fingerprint density at radius 1 is 1.36 bits per heavy atom. The predicted octanol–water partition coefficient (Wildman–Crippen LogP) is 1.12.